The standard InChI is InChI=1S/C28H36N4O4/c1-18-12-19(2)32-26(31-18)10-11-29-27(36)22-7-5-6-20(13-22)15-28(3,4)30-16-25(35)21-8-9-24(34)23(14-21)17-33/h5-9,12-14,25,30,33-35H,10-11,15-17H2,1-4H3,(H,29,36)/t25-/m1/s1. The number of aromatic hydroxyl groups is 1. The molecule has 0 saturated heterocycles. The number of aryl methyl sites for hydroxylation is 2. The summed E-state index contributed by atoms with van der Waals surface area (Å²) in [5.74, 6) is 0.579. The summed E-state index contributed by atoms with van der Waals surface area (Å²) in [7, 11) is 0. The highest BCUT2D eigenvalue weighted by Crippen LogP contribution is 2.23. The first-order valence-electron chi connectivity index (χ1n) is 12.1. The predicted molar refractivity (Wildman–Crippen MR) is 139 cm³/mol. The number of phenols is 1. The van der Waals surface area contributed by atoms with E-state index in [4.69, 9.17) is 0 Å². The molecule has 3 rings (SSSR count). The van der Waals surface area contributed by atoms with E-state index in [-0.39, 0.29) is 23.8 Å². The Kier molecular flexibility index (Phi) is 9.14. The first-order valence-corrected chi connectivity index (χ1v) is 12.1. The van der Waals surface area contributed by atoms with Gasteiger partial charge in [0.25, 0.3) is 5.91 Å². The molecular weight excluding hydrogens is 456 g/mol. The van der Waals surface area contributed by atoms with Crippen molar-refractivity contribution in [3.63, 3.8) is 0 Å². The van der Waals surface area contributed by atoms with Crippen LogP contribution in [0.3, 0.4) is 0 Å². The number of nitrogens with zero attached hydrogens (tertiary/aromatic N) is 2. The highest BCUT2D eigenvalue weighted by Gasteiger charge is 2.21. The molecule has 0 radical (unpaired) electrons. The van der Waals surface area contributed by atoms with Gasteiger partial charge in [-0.15, -0.1) is 0 Å². The molecule has 8 heteroatoms. The van der Waals surface area contributed by atoms with Crippen molar-refractivity contribution in [3.8, 4) is 5.75 Å². The van der Waals surface area contributed by atoms with Gasteiger partial charge in [-0.25, -0.2) is 9.97 Å². The Bertz CT molecular complexity index is 1180. The second-order valence-electron chi connectivity index (χ2n) is 9.78. The van der Waals surface area contributed by atoms with Crippen molar-refractivity contribution in [2.45, 2.75) is 58.8 Å². The molecule has 1 aromatic heterocycles. The number of carbonyl (C=O) groups excluding carboxylic acids is 1. The van der Waals surface area contributed by atoms with Crippen LogP contribution in [0.4, 0.5) is 0 Å². The van der Waals surface area contributed by atoms with E-state index in [2.05, 4.69) is 20.6 Å². The molecule has 36 heavy (non-hydrogen) atoms. The predicted octanol–water partition coefficient (Wildman–Crippen LogP) is 2.91. The van der Waals surface area contributed by atoms with Crippen LogP contribution in [0.15, 0.2) is 48.5 Å². The molecule has 1 heterocycles. The maximum absolute atomic E-state index is 12.7. The maximum atomic E-state index is 12.7. The van der Waals surface area contributed by atoms with Gasteiger partial charge < -0.3 is 26.0 Å². The fourth-order valence-electron chi connectivity index (χ4n) is 4.13. The quantitative estimate of drug-likeness (QED) is 0.278. The van der Waals surface area contributed by atoms with Gasteiger partial charge in [-0.1, -0.05) is 18.2 Å². The molecule has 0 aliphatic carbocycles. The summed E-state index contributed by atoms with van der Waals surface area (Å²) in [6.45, 7) is 8.38. The van der Waals surface area contributed by atoms with E-state index >= 15 is 0 Å². The minimum Gasteiger partial charge on any atom is -0.508 e. The van der Waals surface area contributed by atoms with Crippen LogP contribution in [-0.4, -0.2) is 49.8 Å². The van der Waals surface area contributed by atoms with Crippen LogP contribution in [0.1, 0.15) is 64.2 Å². The van der Waals surface area contributed by atoms with Crippen molar-refractivity contribution in [1.82, 2.24) is 20.6 Å². The lowest BCUT2D eigenvalue weighted by molar-refractivity contribution is 0.0953. The van der Waals surface area contributed by atoms with Gasteiger partial charge in [-0.05, 0) is 75.6 Å². The van der Waals surface area contributed by atoms with Crippen LogP contribution >= 0.6 is 0 Å². The van der Waals surface area contributed by atoms with E-state index in [1.165, 1.54) is 6.07 Å². The molecule has 1 amide bonds. The third kappa shape index (κ3) is 7.84. The Hall–Kier alpha value is -3.33. The van der Waals surface area contributed by atoms with Crippen LogP contribution in [0.2, 0.25) is 0 Å². The van der Waals surface area contributed by atoms with Crippen LogP contribution in [-0.2, 0) is 19.4 Å². The Morgan fingerprint density at radius 3 is 2.47 bits per heavy atom. The molecule has 0 spiro atoms. The summed E-state index contributed by atoms with van der Waals surface area (Å²) in [5.41, 5.74) is 4.06. The molecule has 8 nitrogen and oxygen atoms in total. The number of amides is 1. The number of nitrogens with one attached hydrogen (secondary N) is 2. The van der Waals surface area contributed by atoms with Crippen LogP contribution in [0.25, 0.3) is 0 Å². The Morgan fingerprint density at radius 1 is 1.06 bits per heavy atom. The number of hydrogen-bond donors (Lipinski definition) is 5. The molecular formula is C28H36N4O4. The van der Waals surface area contributed by atoms with E-state index in [9.17, 15) is 20.1 Å². The van der Waals surface area contributed by atoms with E-state index in [0.29, 0.717) is 42.6 Å². The SMILES string of the molecule is Cc1cc(C)nc(CCNC(=O)c2cccc(CC(C)(C)NC[C@@H](O)c3ccc(O)c(CO)c3)c2)n1. The van der Waals surface area contributed by atoms with Crippen molar-refractivity contribution < 1.29 is 20.1 Å². The lowest BCUT2D eigenvalue weighted by atomic mass is 9.93. The molecule has 192 valence electrons. The summed E-state index contributed by atoms with van der Waals surface area (Å²) in [5, 5.41) is 36.0. The average Bonchev–Trinajstić information content (AvgIpc) is 2.82. The minimum atomic E-state index is -0.798. The van der Waals surface area contributed by atoms with Gasteiger partial charge in [-0.2, -0.15) is 0 Å². The lowest BCUT2D eigenvalue weighted by Gasteiger charge is -2.28. The second kappa shape index (κ2) is 12.1. The Labute approximate surface area is 212 Å². The number of benzene rings is 2. The fraction of sp³-hybridized carbons (Fsp3) is 0.393. The Morgan fingerprint density at radius 2 is 1.78 bits per heavy atom. The molecule has 0 aliphatic heterocycles. The molecule has 0 fully saturated rings. The molecule has 0 aliphatic rings. The van der Waals surface area contributed by atoms with E-state index in [0.717, 1.165) is 22.8 Å². The molecule has 0 saturated carbocycles. The Balaban J connectivity index is 1.54. The molecule has 0 unspecified atom stereocenters. The molecule has 3 aromatic rings. The highest BCUT2D eigenvalue weighted by atomic mass is 16.3. The molecule has 2 aromatic carbocycles. The lowest BCUT2D eigenvalue weighted by Crippen LogP contribution is -2.43. The van der Waals surface area contributed by atoms with E-state index in [1.807, 2.05) is 52.0 Å². The van der Waals surface area contributed by atoms with Crippen molar-refractivity contribution >= 4 is 5.91 Å². The maximum Gasteiger partial charge on any atom is 0.251 e. The van der Waals surface area contributed by atoms with Gasteiger partial charge in [0.05, 0.1) is 12.7 Å². The number of aliphatic hydroxyl groups is 2. The third-order valence-corrected chi connectivity index (χ3v) is 5.93. The second-order valence-corrected chi connectivity index (χ2v) is 9.78. The monoisotopic (exact) mass is 492 g/mol. The number of aromatic nitrogens is 2. The smallest absolute Gasteiger partial charge is 0.251 e. The van der Waals surface area contributed by atoms with Crippen molar-refractivity contribution in [1.29, 1.82) is 0 Å². The number of hydrogen-bond acceptors (Lipinski definition) is 7. The van der Waals surface area contributed by atoms with E-state index < -0.39 is 6.10 Å². The normalized spacial score (nSPS) is 12.4. The van der Waals surface area contributed by atoms with Crippen LogP contribution in [0, 0.1) is 13.8 Å². The fourth-order valence-corrected chi connectivity index (χ4v) is 4.13. The third-order valence-electron chi connectivity index (χ3n) is 5.93. The van der Waals surface area contributed by atoms with Gasteiger partial charge in [0.2, 0.25) is 0 Å². The summed E-state index contributed by atoms with van der Waals surface area (Å²) in [6, 6.07) is 14.2. The van der Waals surface area contributed by atoms with Crippen LogP contribution < -0.4 is 10.6 Å². The minimum absolute atomic E-state index is 0.00394. The highest BCUT2D eigenvalue weighted by molar-refractivity contribution is 5.94. The van der Waals surface area contributed by atoms with Gasteiger partial charge in [-0.3, -0.25) is 4.79 Å². The zero-order valence-corrected chi connectivity index (χ0v) is 21.4. The first-order chi connectivity index (χ1) is 17.1. The van der Waals surface area contributed by atoms with Gasteiger partial charge in [0.1, 0.15) is 11.6 Å². The zero-order chi connectivity index (χ0) is 26.3. The average molecular weight is 493 g/mol. The topological polar surface area (TPSA) is 128 Å². The van der Waals surface area contributed by atoms with Gasteiger partial charge in [0.15, 0.2) is 0 Å². The van der Waals surface area contributed by atoms with E-state index in [1.54, 1.807) is 18.2 Å². The zero-order valence-electron chi connectivity index (χ0n) is 21.4. The molecule has 1 atom stereocenters. The number of carbonyl (C=O) groups is 1. The van der Waals surface area contributed by atoms with Gasteiger partial charge >= 0.3 is 0 Å². The molecule has 5 N–H and O–H groups in total. The summed E-state index contributed by atoms with van der Waals surface area (Å²) < 4.78 is 0. The summed E-state index contributed by atoms with van der Waals surface area (Å²) in [6.07, 6.45) is 0.413. The first kappa shape index (κ1) is 27.3. The van der Waals surface area contributed by atoms with Crippen molar-refractivity contribution in [2.24, 2.45) is 0 Å². The van der Waals surface area contributed by atoms with Crippen molar-refractivity contribution in [3.05, 3.63) is 88.0 Å². The summed E-state index contributed by atoms with van der Waals surface area (Å²) in [4.78, 5) is 21.5. The molecule has 0 bridgehead atoms. The van der Waals surface area contributed by atoms with Crippen molar-refractivity contribution in [2.75, 3.05) is 13.1 Å². The number of rotatable bonds is 11. The number of aliphatic hydroxyl groups excluding tert-OH is 2. The van der Waals surface area contributed by atoms with Crippen LogP contribution in [0.5, 0.6) is 5.75 Å². The summed E-state index contributed by atoms with van der Waals surface area (Å²) >= 11 is 0. The van der Waals surface area contributed by atoms with Gasteiger partial charge in [0, 0.05) is 47.6 Å². The number of β-amino-alcohol motifs (C(OH)–C–C–N with tert-alkyl or cyclic N) is 1. The largest absolute Gasteiger partial charge is 0.508 e.